The number of pyridine rings is 1. The average molecular weight is 317 g/mol. The summed E-state index contributed by atoms with van der Waals surface area (Å²) in [5.74, 6) is 0.664. The molecule has 18 heavy (non-hydrogen) atoms. The topological polar surface area (TPSA) is 42.0 Å². The predicted molar refractivity (Wildman–Crippen MR) is 82.9 cm³/mol. The first kappa shape index (κ1) is 19.4. The summed E-state index contributed by atoms with van der Waals surface area (Å²) in [5, 5.41) is 2.60. The first-order valence-electron chi connectivity index (χ1n) is 6.62. The summed E-state index contributed by atoms with van der Waals surface area (Å²) < 4.78 is 0.944. The van der Waals surface area contributed by atoms with Crippen molar-refractivity contribution >= 4 is 28.2 Å². The Kier molecular flexibility index (Phi) is 15.3. The second-order valence-corrected chi connectivity index (χ2v) is 3.94. The van der Waals surface area contributed by atoms with Crippen LogP contribution in [-0.4, -0.2) is 11.4 Å². The monoisotopic (exact) mass is 316 g/mol. The molecule has 0 bridgehead atoms. The maximum absolute atomic E-state index is 10.3. The first-order valence-corrected chi connectivity index (χ1v) is 7.41. The molecule has 1 N–H and O–H groups in total. The lowest BCUT2D eigenvalue weighted by Crippen LogP contribution is -2.01. The van der Waals surface area contributed by atoms with E-state index in [2.05, 4.69) is 33.2 Å². The number of aryl methyl sites for hydroxylation is 1. The van der Waals surface area contributed by atoms with Crippen LogP contribution in [0.4, 0.5) is 5.82 Å². The van der Waals surface area contributed by atoms with Crippen LogP contribution in [-0.2, 0) is 11.2 Å². The molecular weight excluding hydrogens is 292 g/mol. The van der Waals surface area contributed by atoms with Crippen LogP contribution < -0.4 is 5.32 Å². The third-order valence-corrected chi connectivity index (χ3v) is 2.36. The number of nitrogens with one attached hydrogen (secondary N) is 1. The highest BCUT2D eigenvalue weighted by atomic mass is 79.9. The van der Waals surface area contributed by atoms with E-state index in [1.54, 1.807) is 6.20 Å². The van der Waals surface area contributed by atoms with Crippen molar-refractivity contribution in [3.8, 4) is 0 Å². The third-order valence-electron chi connectivity index (χ3n) is 1.93. The van der Waals surface area contributed by atoms with Crippen molar-refractivity contribution in [2.45, 2.75) is 53.9 Å². The van der Waals surface area contributed by atoms with Gasteiger partial charge in [-0.3, -0.25) is 4.79 Å². The Hall–Kier alpha value is -0.900. The van der Waals surface area contributed by atoms with Crippen LogP contribution in [0, 0.1) is 0 Å². The smallest absolute Gasteiger partial charge is 0.212 e. The number of hydrogen-bond acceptors (Lipinski definition) is 2. The van der Waals surface area contributed by atoms with Crippen molar-refractivity contribution in [3.63, 3.8) is 0 Å². The first-order chi connectivity index (χ1) is 8.77. The van der Waals surface area contributed by atoms with Crippen molar-refractivity contribution < 1.29 is 4.79 Å². The molecular formula is C14H25BrN2O. The standard InChI is InChI=1S/C10H13BrN2O.2C2H6/c1-2-3-4-8-5-9(11)6-12-10(8)13-7-14;2*1-2/h5-7H,2-4H2,1H3,(H,12,13,14);2*1-2H3. The molecule has 0 unspecified atom stereocenters. The molecule has 0 aliphatic carbocycles. The van der Waals surface area contributed by atoms with Gasteiger partial charge >= 0.3 is 0 Å². The molecule has 1 heterocycles. The van der Waals surface area contributed by atoms with Crippen LogP contribution in [0.1, 0.15) is 53.0 Å². The summed E-state index contributed by atoms with van der Waals surface area (Å²) in [7, 11) is 0. The van der Waals surface area contributed by atoms with Gasteiger partial charge in [-0.2, -0.15) is 0 Å². The minimum absolute atomic E-state index is 0.658. The Balaban J connectivity index is 0. The molecule has 0 saturated heterocycles. The van der Waals surface area contributed by atoms with Gasteiger partial charge in [0.1, 0.15) is 5.82 Å². The van der Waals surface area contributed by atoms with Gasteiger partial charge in [-0.15, -0.1) is 0 Å². The summed E-state index contributed by atoms with van der Waals surface area (Å²) in [6, 6.07) is 1.99. The number of carbonyl (C=O) groups is 1. The van der Waals surface area contributed by atoms with Gasteiger partial charge in [-0.05, 0) is 40.4 Å². The van der Waals surface area contributed by atoms with Crippen molar-refractivity contribution in [1.29, 1.82) is 0 Å². The largest absolute Gasteiger partial charge is 0.313 e. The van der Waals surface area contributed by atoms with Crippen LogP contribution in [0.5, 0.6) is 0 Å². The maximum Gasteiger partial charge on any atom is 0.212 e. The van der Waals surface area contributed by atoms with Crippen molar-refractivity contribution in [2.75, 3.05) is 5.32 Å². The SMILES string of the molecule is CC.CC.CCCCc1cc(Br)cnc1NC=O. The van der Waals surface area contributed by atoms with Crippen LogP contribution in [0.15, 0.2) is 16.7 Å². The predicted octanol–water partition coefficient (Wildman–Crippen LogP) is 4.81. The van der Waals surface area contributed by atoms with Crippen LogP contribution in [0.2, 0.25) is 0 Å². The van der Waals surface area contributed by atoms with Crippen LogP contribution in [0.3, 0.4) is 0 Å². The number of halogens is 1. The van der Waals surface area contributed by atoms with Crippen molar-refractivity contribution in [1.82, 2.24) is 4.98 Å². The summed E-state index contributed by atoms with van der Waals surface area (Å²) in [6.07, 6.45) is 5.52. The number of hydrogen-bond donors (Lipinski definition) is 1. The fraction of sp³-hybridized carbons (Fsp3) is 0.571. The summed E-state index contributed by atoms with van der Waals surface area (Å²) >= 11 is 3.36. The molecule has 0 aliphatic rings. The van der Waals surface area contributed by atoms with E-state index in [1.807, 2.05) is 33.8 Å². The molecule has 1 amide bonds. The quantitative estimate of drug-likeness (QED) is 0.792. The van der Waals surface area contributed by atoms with E-state index < -0.39 is 0 Å². The number of amides is 1. The minimum atomic E-state index is 0.658. The average Bonchev–Trinajstić information content (AvgIpc) is 2.44. The van der Waals surface area contributed by atoms with Gasteiger partial charge < -0.3 is 5.32 Å². The van der Waals surface area contributed by atoms with Gasteiger partial charge in [0.05, 0.1) is 0 Å². The lowest BCUT2D eigenvalue weighted by molar-refractivity contribution is -0.105. The fourth-order valence-corrected chi connectivity index (χ4v) is 1.60. The van der Waals surface area contributed by atoms with Crippen LogP contribution in [0.25, 0.3) is 0 Å². The molecule has 0 aromatic carbocycles. The second-order valence-electron chi connectivity index (χ2n) is 3.03. The van der Waals surface area contributed by atoms with Gasteiger partial charge in [0, 0.05) is 10.7 Å². The maximum atomic E-state index is 10.3. The van der Waals surface area contributed by atoms with E-state index in [9.17, 15) is 4.79 Å². The second kappa shape index (κ2) is 14.2. The molecule has 0 saturated carbocycles. The molecule has 3 nitrogen and oxygen atoms in total. The lowest BCUT2D eigenvalue weighted by Gasteiger charge is -2.06. The van der Waals surface area contributed by atoms with E-state index in [-0.39, 0.29) is 0 Å². The van der Waals surface area contributed by atoms with Crippen molar-refractivity contribution in [3.05, 3.63) is 22.3 Å². The molecule has 0 fully saturated rings. The van der Waals surface area contributed by atoms with Gasteiger partial charge in [0.2, 0.25) is 6.41 Å². The Labute approximate surface area is 120 Å². The highest BCUT2D eigenvalue weighted by Crippen LogP contribution is 2.19. The Bertz CT molecular complexity index is 317. The zero-order valence-corrected chi connectivity index (χ0v) is 13.7. The van der Waals surface area contributed by atoms with E-state index in [0.717, 1.165) is 29.3 Å². The third kappa shape index (κ3) is 8.23. The molecule has 0 aliphatic heterocycles. The van der Waals surface area contributed by atoms with Crippen molar-refractivity contribution in [2.24, 2.45) is 0 Å². The molecule has 1 rings (SSSR count). The number of aromatic nitrogens is 1. The molecule has 104 valence electrons. The van der Waals surface area contributed by atoms with Gasteiger partial charge in [-0.1, -0.05) is 41.0 Å². The van der Waals surface area contributed by atoms with E-state index in [0.29, 0.717) is 12.2 Å². The van der Waals surface area contributed by atoms with Gasteiger partial charge in [0.15, 0.2) is 0 Å². The van der Waals surface area contributed by atoms with Gasteiger partial charge in [0.25, 0.3) is 0 Å². The zero-order chi connectivity index (χ0) is 14.4. The Morgan fingerprint density at radius 2 is 1.94 bits per heavy atom. The molecule has 4 heteroatoms. The molecule has 1 aromatic heterocycles. The summed E-state index contributed by atoms with van der Waals surface area (Å²) in [5.41, 5.74) is 1.08. The highest BCUT2D eigenvalue weighted by Gasteiger charge is 2.03. The summed E-state index contributed by atoms with van der Waals surface area (Å²) in [4.78, 5) is 14.5. The number of nitrogens with zero attached hydrogens (tertiary/aromatic N) is 1. The molecule has 1 aromatic rings. The van der Waals surface area contributed by atoms with E-state index in [1.165, 1.54) is 0 Å². The van der Waals surface area contributed by atoms with Crippen LogP contribution >= 0.6 is 15.9 Å². The summed E-state index contributed by atoms with van der Waals surface area (Å²) in [6.45, 7) is 10.1. The van der Waals surface area contributed by atoms with Gasteiger partial charge in [-0.25, -0.2) is 4.98 Å². The fourth-order valence-electron chi connectivity index (χ4n) is 1.22. The lowest BCUT2D eigenvalue weighted by atomic mass is 10.1. The minimum Gasteiger partial charge on any atom is -0.313 e. The normalized spacial score (nSPS) is 8.33. The Morgan fingerprint density at radius 3 is 2.44 bits per heavy atom. The van der Waals surface area contributed by atoms with E-state index in [4.69, 9.17) is 0 Å². The number of anilines is 1. The van der Waals surface area contributed by atoms with E-state index >= 15 is 0 Å². The molecule has 0 spiro atoms. The highest BCUT2D eigenvalue weighted by molar-refractivity contribution is 9.10. The molecule has 0 atom stereocenters. The number of unbranched alkanes of at least 4 members (excludes halogenated alkanes) is 1. The zero-order valence-electron chi connectivity index (χ0n) is 12.1. The molecule has 0 radical (unpaired) electrons. The number of rotatable bonds is 5. The number of carbonyl (C=O) groups excluding carboxylic acids is 1. The Morgan fingerprint density at radius 1 is 1.33 bits per heavy atom.